The number of anilines is 1. The molecule has 1 heterocycles. The van der Waals surface area contributed by atoms with Gasteiger partial charge in [0.2, 0.25) is 5.91 Å². The highest BCUT2D eigenvalue weighted by atomic mass is 35.5. The highest BCUT2D eigenvalue weighted by Gasteiger charge is 2.26. The minimum atomic E-state index is -0.0397. The fourth-order valence-corrected chi connectivity index (χ4v) is 2.38. The highest BCUT2D eigenvalue weighted by Crippen LogP contribution is 2.18. The van der Waals surface area contributed by atoms with Crippen LogP contribution in [-0.4, -0.2) is 29.9 Å². The maximum Gasteiger partial charge on any atom is 0.221 e. The molecule has 0 radical (unpaired) electrons. The Morgan fingerprint density at radius 3 is 2.47 bits per heavy atom. The number of nitrogens with zero attached hydrogens (tertiary/aromatic N) is 1. The molecule has 2 unspecified atom stereocenters. The normalized spacial score (nSPS) is 22.9. The molecule has 4 nitrogen and oxygen atoms in total. The molecule has 1 fully saturated rings. The van der Waals surface area contributed by atoms with E-state index in [0.717, 1.165) is 25.3 Å². The van der Waals surface area contributed by atoms with Crippen LogP contribution in [0.4, 0.5) is 5.69 Å². The lowest BCUT2D eigenvalue weighted by atomic mass is 10.1. The molecule has 0 saturated carbocycles. The largest absolute Gasteiger partial charge is 0.326 e. The second-order valence-electron chi connectivity index (χ2n) is 5.21. The fourth-order valence-electron chi connectivity index (χ4n) is 2.38. The molecule has 3 N–H and O–H groups in total. The average Bonchev–Trinajstić information content (AvgIpc) is 2.60. The maximum atomic E-state index is 10.9. The third-order valence-electron chi connectivity index (χ3n) is 3.43. The standard InChI is InChI=1S/C14H21N3O.ClH/c1-10-7-17(9-14(10)15)8-12-3-5-13(6-4-12)16-11(2)18;/h3-6,10,14H,7-9,15H2,1-2H3,(H,16,18);1H. The molecule has 1 aliphatic rings. The summed E-state index contributed by atoms with van der Waals surface area (Å²) in [5.74, 6) is 0.533. The Balaban J connectivity index is 0.00000180. The molecule has 2 atom stereocenters. The van der Waals surface area contributed by atoms with Gasteiger partial charge >= 0.3 is 0 Å². The number of halogens is 1. The number of likely N-dealkylation sites (tertiary alicyclic amines) is 1. The van der Waals surface area contributed by atoms with Gasteiger partial charge in [-0.1, -0.05) is 19.1 Å². The number of hydrogen-bond acceptors (Lipinski definition) is 3. The van der Waals surface area contributed by atoms with Crippen LogP contribution in [0.15, 0.2) is 24.3 Å². The van der Waals surface area contributed by atoms with Crippen molar-refractivity contribution in [2.45, 2.75) is 26.4 Å². The van der Waals surface area contributed by atoms with Gasteiger partial charge in [-0.15, -0.1) is 12.4 Å². The molecule has 1 aromatic carbocycles. The van der Waals surface area contributed by atoms with Crippen LogP contribution in [0.2, 0.25) is 0 Å². The molecule has 5 heteroatoms. The van der Waals surface area contributed by atoms with Gasteiger partial charge in [-0.05, 0) is 23.6 Å². The van der Waals surface area contributed by atoms with Crippen molar-refractivity contribution in [1.29, 1.82) is 0 Å². The minimum absolute atomic E-state index is 0. The van der Waals surface area contributed by atoms with Crippen molar-refractivity contribution in [1.82, 2.24) is 4.90 Å². The number of carbonyl (C=O) groups excluding carboxylic acids is 1. The maximum absolute atomic E-state index is 10.9. The summed E-state index contributed by atoms with van der Waals surface area (Å²) in [6.45, 7) is 6.67. The molecule has 0 bridgehead atoms. The zero-order valence-electron chi connectivity index (χ0n) is 11.4. The smallest absolute Gasteiger partial charge is 0.221 e. The van der Waals surface area contributed by atoms with Gasteiger partial charge in [0.25, 0.3) is 0 Å². The molecule has 0 aliphatic carbocycles. The Morgan fingerprint density at radius 2 is 2.00 bits per heavy atom. The Morgan fingerprint density at radius 1 is 1.37 bits per heavy atom. The van der Waals surface area contributed by atoms with Gasteiger partial charge in [-0.2, -0.15) is 0 Å². The lowest BCUT2D eigenvalue weighted by Crippen LogP contribution is -2.28. The summed E-state index contributed by atoms with van der Waals surface area (Å²) in [4.78, 5) is 13.3. The monoisotopic (exact) mass is 283 g/mol. The van der Waals surface area contributed by atoms with Crippen LogP contribution < -0.4 is 11.1 Å². The van der Waals surface area contributed by atoms with Crippen molar-refractivity contribution in [2.24, 2.45) is 11.7 Å². The molecular formula is C14H22ClN3O. The van der Waals surface area contributed by atoms with Crippen molar-refractivity contribution < 1.29 is 4.79 Å². The van der Waals surface area contributed by atoms with Gasteiger partial charge in [0, 0.05) is 38.3 Å². The minimum Gasteiger partial charge on any atom is -0.326 e. The Kier molecular flexibility index (Phi) is 5.79. The summed E-state index contributed by atoms with van der Waals surface area (Å²) in [5.41, 5.74) is 8.11. The van der Waals surface area contributed by atoms with E-state index < -0.39 is 0 Å². The molecule has 106 valence electrons. The summed E-state index contributed by atoms with van der Waals surface area (Å²) in [6.07, 6.45) is 0. The van der Waals surface area contributed by atoms with E-state index in [1.165, 1.54) is 12.5 Å². The topological polar surface area (TPSA) is 58.4 Å². The van der Waals surface area contributed by atoms with Crippen LogP contribution in [0.1, 0.15) is 19.4 Å². The van der Waals surface area contributed by atoms with E-state index in [1.54, 1.807) is 0 Å². The van der Waals surface area contributed by atoms with Crippen molar-refractivity contribution in [3.63, 3.8) is 0 Å². The number of nitrogens with one attached hydrogen (secondary N) is 1. The number of hydrogen-bond donors (Lipinski definition) is 2. The molecule has 1 amide bonds. The predicted molar refractivity (Wildman–Crippen MR) is 80.4 cm³/mol. The van der Waals surface area contributed by atoms with Gasteiger partial charge in [-0.3, -0.25) is 9.69 Å². The van der Waals surface area contributed by atoms with Crippen LogP contribution in [0.25, 0.3) is 0 Å². The molecule has 2 rings (SSSR count). The lowest BCUT2D eigenvalue weighted by molar-refractivity contribution is -0.114. The van der Waals surface area contributed by atoms with Crippen LogP contribution in [0, 0.1) is 5.92 Å². The molecular weight excluding hydrogens is 262 g/mol. The molecule has 0 aromatic heterocycles. The van der Waals surface area contributed by atoms with E-state index in [-0.39, 0.29) is 18.3 Å². The zero-order valence-corrected chi connectivity index (χ0v) is 12.2. The van der Waals surface area contributed by atoms with Crippen molar-refractivity contribution >= 4 is 24.0 Å². The number of nitrogens with two attached hydrogens (primary N) is 1. The number of carbonyl (C=O) groups is 1. The van der Waals surface area contributed by atoms with Gasteiger partial charge < -0.3 is 11.1 Å². The molecule has 1 aromatic rings. The Hall–Kier alpha value is -1.10. The van der Waals surface area contributed by atoms with E-state index >= 15 is 0 Å². The van der Waals surface area contributed by atoms with Crippen LogP contribution in [0.3, 0.4) is 0 Å². The first kappa shape index (κ1) is 16.0. The number of amides is 1. The first-order chi connectivity index (χ1) is 8.54. The van der Waals surface area contributed by atoms with E-state index in [1.807, 2.05) is 12.1 Å². The van der Waals surface area contributed by atoms with Gasteiger partial charge in [-0.25, -0.2) is 0 Å². The summed E-state index contributed by atoms with van der Waals surface area (Å²) in [5, 5.41) is 2.77. The van der Waals surface area contributed by atoms with E-state index in [9.17, 15) is 4.79 Å². The molecule has 1 aliphatic heterocycles. The van der Waals surface area contributed by atoms with Gasteiger partial charge in [0.15, 0.2) is 0 Å². The second kappa shape index (κ2) is 6.89. The summed E-state index contributed by atoms with van der Waals surface area (Å²) < 4.78 is 0. The summed E-state index contributed by atoms with van der Waals surface area (Å²) >= 11 is 0. The van der Waals surface area contributed by atoms with E-state index in [0.29, 0.717) is 12.0 Å². The SMILES string of the molecule is CC(=O)Nc1ccc(CN2CC(C)C(N)C2)cc1.Cl. The van der Waals surface area contributed by atoms with Crippen LogP contribution in [0.5, 0.6) is 0 Å². The predicted octanol–water partition coefficient (Wildman–Crippen LogP) is 1.85. The van der Waals surface area contributed by atoms with E-state index in [4.69, 9.17) is 5.73 Å². The van der Waals surface area contributed by atoms with Crippen molar-refractivity contribution in [3.05, 3.63) is 29.8 Å². The van der Waals surface area contributed by atoms with Crippen LogP contribution in [-0.2, 0) is 11.3 Å². The van der Waals surface area contributed by atoms with Gasteiger partial charge in [0.05, 0.1) is 0 Å². The Labute approximate surface area is 120 Å². The lowest BCUT2D eigenvalue weighted by Gasteiger charge is -2.15. The van der Waals surface area contributed by atoms with Crippen molar-refractivity contribution in [3.8, 4) is 0 Å². The first-order valence-corrected chi connectivity index (χ1v) is 6.39. The van der Waals surface area contributed by atoms with Crippen molar-refractivity contribution in [2.75, 3.05) is 18.4 Å². The van der Waals surface area contributed by atoms with Crippen LogP contribution >= 0.6 is 12.4 Å². The third-order valence-corrected chi connectivity index (χ3v) is 3.43. The fraction of sp³-hybridized carbons (Fsp3) is 0.500. The second-order valence-corrected chi connectivity index (χ2v) is 5.21. The summed E-state index contributed by atoms with van der Waals surface area (Å²) in [7, 11) is 0. The number of benzene rings is 1. The average molecular weight is 284 g/mol. The highest BCUT2D eigenvalue weighted by molar-refractivity contribution is 5.88. The zero-order chi connectivity index (χ0) is 13.1. The third kappa shape index (κ3) is 4.49. The number of rotatable bonds is 3. The molecule has 19 heavy (non-hydrogen) atoms. The van der Waals surface area contributed by atoms with E-state index in [2.05, 4.69) is 29.3 Å². The summed E-state index contributed by atoms with van der Waals surface area (Å²) in [6, 6.07) is 8.29. The van der Waals surface area contributed by atoms with Gasteiger partial charge in [0.1, 0.15) is 0 Å². The quantitative estimate of drug-likeness (QED) is 0.890. The Bertz CT molecular complexity index is 411. The molecule has 0 spiro atoms. The molecule has 1 saturated heterocycles. The first-order valence-electron chi connectivity index (χ1n) is 6.39.